The van der Waals surface area contributed by atoms with Crippen LogP contribution in [0.15, 0.2) is 36.4 Å². The fourth-order valence-corrected chi connectivity index (χ4v) is 5.43. The molecular formula is C27H38N5O9P. The Kier molecular flexibility index (Phi) is 12.4. The molecule has 0 saturated carbocycles. The van der Waals surface area contributed by atoms with E-state index < -0.39 is 43.9 Å². The third-order valence-electron chi connectivity index (χ3n) is 6.43. The van der Waals surface area contributed by atoms with Gasteiger partial charge in [0.2, 0.25) is 5.91 Å². The molecule has 2 unspecified atom stereocenters. The van der Waals surface area contributed by atoms with Gasteiger partial charge < -0.3 is 34.7 Å². The minimum atomic E-state index is -4.29. The second-order valence-corrected chi connectivity index (χ2v) is 11.9. The number of aliphatic hydroxyl groups is 1. The van der Waals surface area contributed by atoms with Gasteiger partial charge in [-0.05, 0) is 32.3 Å². The molecule has 1 aromatic carbocycles. The molecule has 3 rings (SSSR count). The van der Waals surface area contributed by atoms with E-state index in [1.54, 1.807) is 31.2 Å². The molecule has 2 heterocycles. The summed E-state index contributed by atoms with van der Waals surface area (Å²) in [4.78, 5) is 63.3. The molecule has 1 aliphatic rings. The van der Waals surface area contributed by atoms with Crippen molar-refractivity contribution < 1.29 is 43.4 Å². The summed E-state index contributed by atoms with van der Waals surface area (Å²) in [6, 6.07) is 9.02. The standard InChI is InChI=1S/C27H38N5O9P/c1-3-4-16-40-42(38,39)18-23(26(35)31-12-14-32(15-13-31)41-27(36)37)30-25(34)22-17-21(11-10-19(2)33)28-24(29-22)20-8-6-5-7-9-20/h5-9,17,19,23,33H,3-4,10-16,18H2,1-2H3,(H,30,34)(H,36,37)(H,38,39)/t19-,23?/m1/s1. The van der Waals surface area contributed by atoms with Crippen LogP contribution in [-0.4, -0.2) is 104 Å². The molecule has 0 radical (unpaired) electrons. The number of hydroxylamine groups is 2. The number of benzene rings is 1. The zero-order valence-electron chi connectivity index (χ0n) is 23.7. The average molecular weight is 608 g/mol. The first-order chi connectivity index (χ1) is 20.0. The summed E-state index contributed by atoms with van der Waals surface area (Å²) >= 11 is 0. The van der Waals surface area contributed by atoms with Crippen molar-refractivity contribution in [1.29, 1.82) is 0 Å². The van der Waals surface area contributed by atoms with Gasteiger partial charge in [0.05, 0.1) is 32.0 Å². The summed E-state index contributed by atoms with van der Waals surface area (Å²) in [6.45, 7) is 3.87. The molecule has 0 spiro atoms. The molecule has 14 nitrogen and oxygen atoms in total. The lowest BCUT2D eigenvalue weighted by atomic mass is 10.1. The monoisotopic (exact) mass is 607 g/mol. The highest BCUT2D eigenvalue weighted by atomic mass is 31.2. The van der Waals surface area contributed by atoms with Crippen LogP contribution in [0.1, 0.15) is 49.3 Å². The zero-order valence-corrected chi connectivity index (χ0v) is 24.6. The Balaban J connectivity index is 1.86. The Morgan fingerprint density at radius 3 is 2.43 bits per heavy atom. The quantitative estimate of drug-likeness (QED) is 0.181. The first-order valence-corrected chi connectivity index (χ1v) is 15.6. The number of carboxylic acid groups (broad SMARTS) is 1. The Hall–Kier alpha value is -3.42. The normalized spacial score (nSPS) is 16.7. The summed E-state index contributed by atoms with van der Waals surface area (Å²) in [7, 11) is -4.29. The van der Waals surface area contributed by atoms with E-state index in [9.17, 15) is 28.9 Å². The van der Waals surface area contributed by atoms with Crippen LogP contribution < -0.4 is 5.32 Å². The molecule has 1 fully saturated rings. The maximum Gasteiger partial charge on any atom is 0.525 e. The molecule has 1 aliphatic heterocycles. The number of carbonyl (C=O) groups is 3. The summed E-state index contributed by atoms with van der Waals surface area (Å²) < 4.78 is 18.1. The molecular weight excluding hydrogens is 569 g/mol. The highest BCUT2D eigenvalue weighted by molar-refractivity contribution is 7.52. The average Bonchev–Trinajstić information content (AvgIpc) is 2.95. The second-order valence-electron chi connectivity index (χ2n) is 9.97. The molecule has 1 aromatic heterocycles. The Labute approximate surface area is 244 Å². The Morgan fingerprint density at radius 1 is 1.12 bits per heavy atom. The summed E-state index contributed by atoms with van der Waals surface area (Å²) in [5.74, 6) is -1.11. The highest BCUT2D eigenvalue weighted by Crippen LogP contribution is 2.43. The van der Waals surface area contributed by atoms with Crippen LogP contribution in [0.4, 0.5) is 4.79 Å². The predicted octanol–water partition coefficient (Wildman–Crippen LogP) is 2.31. The van der Waals surface area contributed by atoms with E-state index in [0.717, 1.165) is 6.42 Å². The molecule has 0 aliphatic carbocycles. The number of hydrogen-bond acceptors (Lipinski definition) is 10. The van der Waals surface area contributed by atoms with Crippen molar-refractivity contribution in [3.05, 3.63) is 47.8 Å². The van der Waals surface area contributed by atoms with Crippen molar-refractivity contribution in [2.75, 3.05) is 38.9 Å². The van der Waals surface area contributed by atoms with Crippen LogP contribution in [-0.2, 0) is 25.1 Å². The summed E-state index contributed by atoms with van der Waals surface area (Å²) in [6.07, 6.45) is -0.699. The van der Waals surface area contributed by atoms with Gasteiger partial charge in [-0.3, -0.25) is 14.2 Å². The number of piperazine rings is 1. The van der Waals surface area contributed by atoms with Gasteiger partial charge in [-0.25, -0.2) is 14.8 Å². The van der Waals surface area contributed by atoms with Gasteiger partial charge in [0.25, 0.3) is 5.91 Å². The van der Waals surface area contributed by atoms with Crippen LogP contribution >= 0.6 is 7.60 Å². The van der Waals surface area contributed by atoms with Crippen LogP contribution in [0, 0.1) is 0 Å². The van der Waals surface area contributed by atoms with Crippen molar-refractivity contribution in [3.63, 3.8) is 0 Å². The third kappa shape index (κ3) is 10.4. The van der Waals surface area contributed by atoms with E-state index in [1.165, 1.54) is 16.0 Å². The van der Waals surface area contributed by atoms with E-state index in [2.05, 4.69) is 20.1 Å². The highest BCUT2D eigenvalue weighted by Gasteiger charge is 2.36. The first-order valence-electron chi connectivity index (χ1n) is 13.8. The lowest BCUT2D eigenvalue weighted by molar-refractivity contribution is -0.154. The minimum absolute atomic E-state index is 0.0172. The predicted molar refractivity (Wildman–Crippen MR) is 152 cm³/mol. The zero-order chi connectivity index (χ0) is 30.7. The SMILES string of the molecule is CCCCOP(=O)(O)CC(NC(=O)c1cc(CC[C@@H](C)O)nc(-c2ccccc2)n1)C(=O)N1CCN(OC(=O)O)CC1. The van der Waals surface area contributed by atoms with Crippen molar-refractivity contribution in [3.8, 4) is 11.4 Å². The Bertz CT molecular complexity index is 1260. The van der Waals surface area contributed by atoms with E-state index in [0.29, 0.717) is 30.5 Å². The number of aryl methyl sites for hydroxylation is 1. The molecule has 42 heavy (non-hydrogen) atoms. The van der Waals surface area contributed by atoms with Gasteiger partial charge in [-0.2, -0.15) is 0 Å². The number of nitrogens with one attached hydrogen (secondary N) is 1. The Morgan fingerprint density at radius 2 is 1.81 bits per heavy atom. The third-order valence-corrected chi connectivity index (χ3v) is 7.84. The number of aliphatic hydroxyl groups excluding tert-OH is 1. The van der Waals surface area contributed by atoms with Gasteiger partial charge in [-0.15, -0.1) is 5.06 Å². The van der Waals surface area contributed by atoms with Crippen molar-refractivity contribution in [1.82, 2.24) is 25.2 Å². The van der Waals surface area contributed by atoms with Crippen LogP contribution in [0.25, 0.3) is 11.4 Å². The number of unbranched alkanes of at least 4 members (excludes halogenated alkanes) is 1. The van der Waals surface area contributed by atoms with Gasteiger partial charge in [0.15, 0.2) is 5.82 Å². The first kappa shape index (κ1) is 33.1. The van der Waals surface area contributed by atoms with E-state index in [1.807, 2.05) is 13.0 Å². The fraction of sp³-hybridized carbons (Fsp3) is 0.519. The molecule has 4 N–H and O–H groups in total. The van der Waals surface area contributed by atoms with Gasteiger partial charge in [-0.1, -0.05) is 43.7 Å². The number of aromatic nitrogens is 2. The van der Waals surface area contributed by atoms with Crippen molar-refractivity contribution >= 4 is 25.6 Å². The van der Waals surface area contributed by atoms with E-state index in [-0.39, 0.29) is 44.3 Å². The molecule has 2 aromatic rings. The lowest BCUT2D eigenvalue weighted by Gasteiger charge is -2.35. The summed E-state index contributed by atoms with van der Waals surface area (Å²) in [5, 5.41) is 22.4. The van der Waals surface area contributed by atoms with Crippen molar-refractivity contribution in [2.45, 2.75) is 51.7 Å². The van der Waals surface area contributed by atoms with Gasteiger partial charge in [0.1, 0.15) is 11.7 Å². The summed E-state index contributed by atoms with van der Waals surface area (Å²) in [5.41, 5.74) is 1.10. The smallest absolute Gasteiger partial charge is 0.448 e. The van der Waals surface area contributed by atoms with E-state index >= 15 is 0 Å². The number of nitrogens with zero attached hydrogens (tertiary/aromatic N) is 4. The van der Waals surface area contributed by atoms with Crippen LogP contribution in [0.5, 0.6) is 0 Å². The number of hydrogen-bond donors (Lipinski definition) is 4. The minimum Gasteiger partial charge on any atom is -0.448 e. The fourth-order valence-electron chi connectivity index (χ4n) is 4.20. The molecule has 2 amide bonds. The topological polar surface area (TPSA) is 192 Å². The van der Waals surface area contributed by atoms with E-state index in [4.69, 9.17) is 9.63 Å². The number of amides is 2. The van der Waals surface area contributed by atoms with Crippen LogP contribution in [0.2, 0.25) is 0 Å². The maximum atomic E-state index is 13.5. The second kappa shape index (κ2) is 15.7. The molecule has 15 heteroatoms. The number of rotatable bonds is 14. The maximum absolute atomic E-state index is 13.5. The molecule has 1 saturated heterocycles. The lowest BCUT2D eigenvalue weighted by Crippen LogP contribution is -2.56. The molecule has 3 atom stereocenters. The molecule has 230 valence electrons. The largest absolute Gasteiger partial charge is 0.525 e. The van der Waals surface area contributed by atoms with Gasteiger partial charge >= 0.3 is 13.8 Å². The molecule has 0 bridgehead atoms. The number of carbonyl (C=O) groups excluding carboxylic acids is 2. The van der Waals surface area contributed by atoms with Gasteiger partial charge in [0, 0.05) is 24.3 Å². The van der Waals surface area contributed by atoms with Crippen molar-refractivity contribution in [2.24, 2.45) is 0 Å². The van der Waals surface area contributed by atoms with Crippen LogP contribution in [0.3, 0.4) is 0 Å².